The van der Waals surface area contributed by atoms with Crippen LogP contribution in [0, 0.1) is 0 Å². The number of hydrogen-bond donors (Lipinski definition) is 0. The van der Waals surface area contributed by atoms with Crippen molar-refractivity contribution in [1.29, 1.82) is 0 Å². The maximum absolute atomic E-state index is 6.67. The number of fused-ring (bicyclic) bond motifs is 2. The minimum absolute atomic E-state index is 0.634. The molecule has 0 unspecified atom stereocenters. The van der Waals surface area contributed by atoms with Crippen molar-refractivity contribution in [2.75, 3.05) is 26.4 Å². The molecular weight excluding hydrogens is 768 g/mol. The van der Waals surface area contributed by atoms with Crippen LogP contribution < -0.4 is 0 Å². The average Bonchev–Trinajstić information content (AvgIpc) is 3.89. The molecule has 2 saturated heterocycles. The molecule has 3 aromatic rings. The second kappa shape index (κ2) is 20.3. The maximum atomic E-state index is 6.67. The molecule has 4 nitrogen and oxygen atoms in total. The highest BCUT2D eigenvalue weighted by atomic mass is 79.9. The first-order valence-corrected chi connectivity index (χ1v) is 22.7. The predicted molar refractivity (Wildman–Crippen MR) is 213 cm³/mol. The van der Waals surface area contributed by atoms with Gasteiger partial charge in [0.15, 0.2) is 11.6 Å². The molecular formula is C40H60Br2O4S2. The fourth-order valence-corrected chi connectivity index (χ4v) is 11.3. The first-order valence-electron chi connectivity index (χ1n) is 19.4. The lowest BCUT2D eigenvalue weighted by Crippen LogP contribution is -2.30. The topological polar surface area (TPSA) is 36.9 Å². The lowest BCUT2D eigenvalue weighted by molar-refractivity contribution is -0.171. The summed E-state index contributed by atoms with van der Waals surface area (Å²) in [4.78, 5) is 0. The van der Waals surface area contributed by atoms with Gasteiger partial charge in [-0.15, -0.1) is 22.7 Å². The summed E-state index contributed by atoms with van der Waals surface area (Å²) in [6.07, 6.45) is 28.1. The fourth-order valence-electron chi connectivity index (χ4n) is 7.89. The van der Waals surface area contributed by atoms with Crippen LogP contribution in [-0.2, 0) is 30.5 Å². The van der Waals surface area contributed by atoms with Gasteiger partial charge in [0.2, 0.25) is 0 Å². The number of thiophene rings is 2. The zero-order valence-electron chi connectivity index (χ0n) is 29.7. The molecule has 2 aliphatic heterocycles. The first-order chi connectivity index (χ1) is 23.5. The molecule has 0 N–H and O–H groups in total. The Kier molecular flexibility index (Phi) is 16.5. The van der Waals surface area contributed by atoms with E-state index in [2.05, 4.69) is 57.8 Å². The van der Waals surface area contributed by atoms with Crippen molar-refractivity contribution >= 4 is 74.7 Å². The Bertz CT molecular complexity index is 1220. The van der Waals surface area contributed by atoms with E-state index in [1.54, 1.807) is 22.7 Å². The van der Waals surface area contributed by atoms with E-state index in [4.69, 9.17) is 18.9 Å². The summed E-state index contributed by atoms with van der Waals surface area (Å²) in [7, 11) is 0. The number of unbranched alkanes of at least 4 members (excludes halogenated alkanes) is 18. The number of ether oxygens (including phenoxy) is 4. The number of halogens is 2. The molecule has 8 heteroatoms. The second-order valence-electron chi connectivity index (χ2n) is 14.1. The highest BCUT2D eigenvalue weighted by Crippen LogP contribution is 2.55. The van der Waals surface area contributed by atoms with Gasteiger partial charge in [-0.25, -0.2) is 0 Å². The lowest BCUT2D eigenvalue weighted by Gasteiger charge is -2.33. The van der Waals surface area contributed by atoms with Gasteiger partial charge in [-0.2, -0.15) is 0 Å². The minimum Gasteiger partial charge on any atom is -0.343 e. The minimum atomic E-state index is -0.721. The van der Waals surface area contributed by atoms with Gasteiger partial charge in [0.1, 0.15) is 0 Å². The highest BCUT2D eigenvalue weighted by Gasteiger charge is 2.46. The third kappa shape index (κ3) is 10.1. The van der Waals surface area contributed by atoms with Crippen molar-refractivity contribution in [3.8, 4) is 0 Å². The highest BCUT2D eigenvalue weighted by molar-refractivity contribution is 9.11. The third-order valence-electron chi connectivity index (χ3n) is 10.4. The van der Waals surface area contributed by atoms with Crippen LogP contribution >= 0.6 is 54.5 Å². The summed E-state index contributed by atoms with van der Waals surface area (Å²) in [5.74, 6) is -1.44. The summed E-state index contributed by atoms with van der Waals surface area (Å²) in [6, 6.07) is 4.58. The molecule has 2 aromatic heterocycles. The molecule has 0 spiro atoms. The molecule has 0 amide bonds. The Morgan fingerprint density at radius 1 is 0.479 bits per heavy atom. The molecule has 48 heavy (non-hydrogen) atoms. The van der Waals surface area contributed by atoms with E-state index < -0.39 is 11.6 Å². The van der Waals surface area contributed by atoms with Crippen LogP contribution in [0.5, 0.6) is 0 Å². The smallest absolute Gasteiger partial charge is 0.197 e. The van der Waals surface area contributed by atoms with Gasteiger partial charge in [-0.05, 0) is 56.8 Å². The van der Waals surface area contributed by atoms with Gasteiger partial charge in [0, 0.05) is 44.1 Å². The molecule has 4 heterocycles. The number of rotatable bonds is 24. The Hall–Kier alpha value is -0.0600. The summed E-state index contributed by atoms with van der Waals surface area (Å²) in [5.41, 5.74) is 2.41. The number of hydrogen-bond acceptors (Lipinski definition) is 6. The molecule has 0 bridgehead atoms. The summed E-state index contributed by atoms with van der Waals surface area (Å²) in [6.45, 7) is 7.12. The Balaban J connectivity index is 1.32. The van der Waals surface area contributed by atoms with E-state index in [0.717, 1.165) is 33.3 Å². The van der Waals surface area contributed by atoms with Gasteiger partial charge >= 0.3 is 0 Å². The van der Waals surface area contributed by atoms with Crippen LogP contribution in [0.1, 0.15) is 166 Å². The van der Waals surface area contributed by atoms with Crippen LogP contribution in [-0.4, -0.2) is 26.4 Å². The van der Waals surface area contributed by atoms with Gasteiger partial charge in [-0.1, -0.05) is 129 Å². The normalized spacial score (nSPS) is 17.4. The third-order valence-corrected chi connectivity index (χ3v) is 13.7. The summed E-state index contributed by atoms with van der Waals surface area (Å²) < 4.78 is 31.4. The van der Waals surface area contributed by atoms with E-state index >= 15 is 0 Å². The molecule has 2 aliphatic rings. The first kappa shape index (κ1) is 39.2. The monoisotopic (exact) mass is 826 g/mol. The molecule has 5 rings (SSSR count). The summed E-state index contributed by atoms with van der Waals surface area (Å²) >= 11 is 11.4. The second-order valence-corrected chi connectivity index (χ2v) is 19.0. The molecule has 270 valence electrons. The average molecular weight is 829 g/mol. The molecule has 0 aliphatic carbocycles. The molecule has 0 atom stereocenters. The van der Waals surface area contributed by atoms with Crippen molar-refractivity contribution in [3.63, 3.8) is 0 Å². The molecule has 0 radical (unpaired) electrons. The van der Waals surface area contributed by atoms with Gasteiger partial charge in [0.25, 0.3) is 0 Å². The lowest BCUT2D eigenvalue weighted by atomic mass is 9.88. The van der Waals surface area contributed by atoms with Crippen molar-refractivity contribution in [2.24, 2.45) is 0 Å². The van der Waals surface area contributed by atoms with Crippen LogP contribution in [0.15, 0.2) is 19.7 Å². The fraction of sp³-hybridized carbons (Fsp3) is 0.750. The predicted octanol–water partition coefficient (Wildman–Crippen LogP) is 14.7. The molecule has 0 saturated carbocycles. The summed E-state index contributed by atoms with van der Waals surface area (Å²) in [5, 5.41) is 2.44. The van der Waals surface area contributed by atoms with E-state index in [1.165, 1.54) is 147 Å². The van der Waals surface area contributed by atoms with Crippen molar-refractivity contribution < 1.29 is 18.9 Å². The number of benzene rings is 1. The van der Waals surface area contributed by atoms with E-state index in [1.807, 2.05) is 0 Å². The van der Waals surface area contributed by atoms with E-state index in [-0.39, 0.29) is 0 Å². The van der Waals surface area contributed by atoms with Gasteiger partial charge < -0.3 is 18.9 Å². The maximum Gasteiger partial charge on any atom is 0.197 e. The van der Waals surface area contributed by atoms with Crippen LogP contribution in [0.25, 0.3) is 20.2 Å². The van der Waals surface area contributed by atoms with Crippen LogP contribution in [0.2, 0.25) is 0 Å². The zero-order valence-corrected chi connectivity index (χ0v) is 34.5. The van der Waals surface area contributed by atoms with Crippen LogP contribution in [0.4, 0.5) is 0 Å². The largest absolute Gasteiger partial charge is 0.343 e. The molecule has 2 fully saturated rings. The van der Waals surface area contributed by atoms with Crippen LogP contribution in [0.3, 0.4) is 0 Å². The Labute approximate surface area is 315 Å². The van der Waals surface area contributed by atoms with Crippen molar-refractivity contribution in [1.82, 2.24) is 0 Å². The molecule has 1 aromatic carbocycles. The van der Waals surface area contributed by atoms with Gasteiger partial charge in [0.05, 0.1) is 34.0 Å². The van der Waals surface area contributed by atoms with E-state index in [9.17, 15) is 0 Å². The van der Waals surface area contributed by atoms with E-state index in [0.29, 0.717) is 26.4 Å². The van der Waals surface area contributed by atoms with Crippen molar-refractivity contribution in [3.05, 3.63) is 30.8 Å². The van der Waals surface area contributed by atoms with Crippen molar-refractivity contribution in [2.45, 2.75) is 167 Å². The zero-order chi connectivity index (χ0) is 33.7. The Morgan fingerprint density at radius 3 is 1.08 bits per heavy atom. The standard InChI is InChI=1S/C40H60Br2O4S2/c1-3-5-7-9-11-13-15-17-19-21-23-39(43-25-26-44-39)35-31-29-33(41)48-38(31)36(32-30-34(42)47-37(32)35)40(45-27-28-46-40)24-22-20-18-16-14-12-10-8-6-4-2/h29-30H,3-28H2,1-2H3. The Morgan fingerprint density at radius 2 is 0.771 bits per heavy atom. The van der Waals surface area contributed by atoms with Gasteiger partial charge in [-0.3, -0.25) is 0 Å². The quantitative estimate of drug-likeness (QED) is 0.0843. The SMILES string of the molecule is CCCCCCCCCCCCC1(c2c3cc(Br)sc3c(C3(CCCCCCCCCCCC)OCCO3)c3cc(Br)sc23)OCCO1.